The molecule has 0 aromatic heterocycles. The van der Waals surface area contributed by atoms with Gasteiger partial charge in [0, 0.05) is 32.2 Å². The zero-order valence-electron chi connectivity index (χ0n) is 14.3. The molecule has 1 amide bonds. The highest BCUT2D eigenvalue weighted by Crippen LogP contribution is 2.30. The molecule has 2 N–H and O–H groups in total. The van der Waals surface area contributed by atoms with Crippen LogP contribution in [-0.2, 0) is 0 Å². The van der Waals surface area contributed by atoms with Crippen molar-refractivity contribution in [3.05, 3.63) is 22.7 Å². The molecule has 0 aliphatic carbocycles. The van der Waals surface area contributed by atoms with E-state index >= 15 is 0 Å². The molecule has 0 bridgehead atoms. The number of methoxy groups -OCH3 is 1. The summed E-state index contributed by atoms with van der Waals surface area (Å²) in [6, 6.07) is 2.81. The van der Waals surface area contributed by atoms with E-state index in [1.165, 1.54) is 29.0 Å². The first-order valence-corrected chi connectivity index (χ1v) is 7.84. The van der Waals surface area contributed by atoms with Crippen LogP contribution in [0.1, 0.15) is 10.4 Å². The number of piperazine rings is 1. The molecule has 0 spiro atoms. The van der Waals surface area contributed by atoms with Crippen molar-refractivity contribution in [2.24, 2.45) is 0 Å². The number of alkyl halides is 4. The quantitative estimate of drug-likeness (QED) is 0.545. The molecule has 27 heavy (non-hydrogen) atoms. The van der Waals surface area contributed by atoms with Gasteiger partial charge in [-0.1, -0.05) is 11.6 Å². The van der Waals surface area contributed by atoms with E-state index in [0.717, 1.165) is 0 Å². The van der Waals surface area contributed by atoms with Gasteiger partial charge in [0.2, 0.25) is 0 Å². The van der Waals surface area contributed by atoms with Gasteiger partial charge in [0.1, 0.15) is 5.75 Å². The Bertz CT molecular complexity index is 645. The molecule has 0 unspecified atom stereocenters. The van der Waals surface area contributed by atoms with Crippen LogP contribution in [0.2, 0.25) is 5.02 Å². The maximum Gasteiger partial charge on any atom is 0.319 e. The Morgan fingerprint density at radius 1 is 1.26 bits per heavy atom. The summed E-state index contributed by atoms with van der Waals surface area (Å²) in [6.07, 6.45) is -3.71. The first-order chi connectivity index (χ1) is 11.7. The van der Waals surface area contributed by atoms with E-state index in [2.05, 4.69) is 0 Å². The third kappa shape index (κ3) is 6.17. The maximum absolute atomic E-state index is 13.1. The van der Waals surface area contributed by atoms with Gasteiger partial charge in [0.25, 0.3) is 5.91 Å². The minimum atomic E-state index is -4.07. The number of rotatable bonds is 5. The van der Waals surface area contributed by atoms with Crippen LogP contribution in [0.25, 0.3) is 0 Å². The van der Waals surface area contributed by atoms with Crippen molar-refractivity contribution in [2.75, 3.05) is 45.6 Å². The van der Waals surface area contributed by atoms with Crippen molar-refractivity contribution >= 4 is 48.0 Å². The Morgan fingerprint density at radius 2 is 1.81 bits per heavy atom. The maximum atomic E-state index is 13.1. The molecular formula is C15H20Cl3F4N3O2. The molecule has 2 rings (SSSR count). The van der Waals surface area contributed by atoms with Crippen LogP contribution in [0.3, 0.4) is 0 Å². The van der Waals surface area contributed by atoms with Crippen molar-refractivity contribution in [3.63, 3.8) is 0 Å². The summed E-state index contributed by atoms with van der Waals surface area (Å²) >= 11 is 5.94. The van der Waals surface area contributed by atoms with Crippen LogP contribution >= 0.6 is 36.4 Å². The van der Waals surface area contributed by atoms with E-state index in [0.29, 0.717) is 0 Å². The van der Waals surface area contributed by atoms with E-state index in [-0.39, 0.29) is 78.9 Å². The van der Waals surface area contributed by atoms with Crippen LogP contribution in [0.5, 0.6) is 5.75 Å². The summed E-state index contributed by atoms with van der Waals surface area (Å²) in [6.45, 7) is -0.644. The number of ether oxygens (including phenoxy) is 1. The molecule has 156 valence electrons. The number of nitrogen functional groups attached to an aromatic ring is 1. The number of anilines is 1. The van der Waals surface area contributed by atoms with Gasteiger partial charge in [-0.05, 0) is 6.07 Å². The van der Waals surface area contributed by atoms with Crippen molar-refractivity contribution in [1.82, 2.24) is 9.80 Å². The minimum Gasteiger partial charge on any atom is -0.496 e. The lowest BCUT2D eigenvalue weighted by atomic mass is 10.1. The lowest BCUT2D eigenvalue weighted by molar-refractivity contribution is -0.144. The van der Waals surface area contributed by atoms with Crippen LogP contribution < -0.4 is 10.5 Å². The number of benzene rings is 1. The fourth-order valence-corrected chi connectivity index (χ4v) is 2.72. The van der Waals surface area contributed by atoms with E-state index in [1.807, 2.05) is 0 Å². The normalized spacial score (nSPS) is 15.1. The molecule has 1 heterocycles. The predicted octanol–water partition coefficient (Wildman–Crippen LogP) is 3.43. The molecular weight excluding hydrogens is 437 g/mol. The van der Waals surface area contributed by atoms with Gasteiger partial charge in [-0.3, -0.25) is 9.69 Å². The van der Waals surface area contributed by atoms with Crippen LogP contribution in [-0.4, -0.2) is 67.9 Å². The molecule has 1 aromatic carbocycles. The summed E-state index contributed by atoms with van der Waals surface area (Å²) in [7, 11) is 1.38. The molecule has 1 aliphatic rings. The number of amides is 1. The molecule has 12 heteroatoms. The monoisotopic (exact) mass is 455 g/mol. The predicted molar refractivity (Wildman–Crippen MR) is 100 cm³/mol. The van der Waals surface area contributed by atoms with Gasteiger partial charge in [-0.2, -0.15) is 8.78 Å². The molecule has 0 radical (unpaired) electrons. The summed E-state index contributed by atoms with van der Waals surface area (Å²) in [4.78, 5) is 15.2. The minimum absolute atomic E-state index is 0. The van der Waals surface area contributed by atoms with Crippen molar-refractivity contribution in [2.45, 2.75) is 12.3 Å². The second kappa shape index (κ2) is 10.4. The second-order valence-corrected chi connectivity index (χ2v) is 6.11. The van der Waals surface area contributed by atoms with Crippen LogP contribution in [0.15, 0.2) is 12.1 Å². The number of nitrogens with two attached hydrogens (primary N) is 1. The van der Waals surface area contributed by atoms with Gasteiger partial charge in [0.15, 0.2) is 0 Å². The Balaban J connectivity index is 0.00000338. The van der Waals surface area contributed by atoms with Gasteiger partial charge in [-0.25, -0.2) is 8.78 Å². The highest BCUT2D eigenvalue weighted by atomic mass is 35.5. The van der Waals surface area contributed by atoms with Gasteiger partial charge in [0.05, 0.1) is 29.9 Å². The zero-order chi connectivity index (χ0) is 18.8. The smallest absolute Gasteiger partial charge is 0.319 e. The third-order valence-electron chi connectivity index (χ3n) is 3.96. The molecule has 0 atom stereocenters. The first kappa shape index (κ1) is 25.8. The van der Waals surface area contributed by atoms with Crippen LogP contribution in [0.4, 0.5) is 23.2 Å². The fourth-order valence-electron chi connectivity index (χ4n) is 2.55. The number of halogens is 7. The largest absolute Gasteiger partial charge is 0.496 e. The number of hydrogen-bond donors (Lipinski definition) is 1. The summed E-state index contributed by atoms with van der Waals surface area (Å²) in [5, 5.41) is 0.194. The van der Waals surface area contributed by atoms with Crippen molar-refractivity contribution in [1.29, 1.82) is 0 Å². The Hall–Kier alpha value is -1.16. The first-order valence-electron chi connectivity index (χ1n) is 7.46. The number of carbonyl (C=O) groups excluding carboxylic acids is 1. The third-order valence-corrected chi connectivity index (χ3v) is 4.29. The molecule has 1 aliphatic heterocycles. The topological polar surface area (TPSA) is 58.8 Å². The zero-order valence-corrected chi connectivity index (χ0v) is 16.7. The summed E-state index contributed by atoms with van der Waals surface area (Å²) in [5.74, 6) is -4.21. The molecule has 1 fully saturated rings. The fraction of sp³-hybridized carbons (Fsp3) is 0.533. The average molecular weight is 457 g/mol. The highest BCUT2D eigenvalue weighted by Gasteiger charge is 2.42. The summed E-state index contributed by atoms with van der Waals surface area (Å²) in [5.41, 5.74) is 6.13. The van der Waals surface area contributed by atoms with Crippen molar-refractivity contribution < 1.29 is 27.1 Å². The average Bonchev–Trinajstić information content (AvgIpc) is 2.56. The van der Waals surface area contributed by atoms with Gasteiger partial charge < -0.3 is 15.4 Å². The highest BCUT2D eigenvalue weighted by molar-refractivity contribution is 6.33. The van der Waals surface area contributed by atoms with E-state index in [9.17, 15) is 22.4 Å². The molecule has 0 saturated carbocycles. The van der Waals surface area contributed by atoms with E-state index < -0.39 is 18.9 Å². The number of carbonyl (C=O) groups is 1. The lowest BCUT2D eigenvalue weighted by Gasteiger charge is -2.36. The second-order valence-electron chi connectivity index (χ2n) is 5.70. The Kier molecular flexibility index (Phi) is 9.96. The molecule has 5 nitrogen and oxygen atoms in total. The number of nitrogens with zero attached hydrogens (tertiary/aromatic N) is 2. The lowest BCUT2D eigenvalue weighted by Crippen LogP contribution is -2.52. The Labute approximate surface area is 171 Å². The van der Waals surface area contributed by atoms with E-state index in [1.54, 1.807) is 0 Å². The van der Waals surface area contributed by atoms with Gasteiger partial charge in [-0.15, -0.1) is 24.8 Å². The van der Waals surface area contributed by atoms with E-state index in [4.69, 9.17) is 22.1 Å². The standard InChI is InChI=1S/C15H18ClF4N3O2.2ClH/c1-25-12-7-11(21)10(16)6-9(12)13(24)23-4-2-22(3-5-23)8-15(19,20)14(17)18;;/h6-7,14H,2-5,8,21H2,1H3;2*1H. The summed E-state index contributed by atoms with van der Waals surface area (Å²) < 4.78 is 55.9. The van der Waals surface area contributed by atoms with Gasteiger partial charge >= 0.3 is 12.3 Å². The molecule has 1 saturated heterocycles. The number of hydrogen-bond acceptors (Lipinski definition) is 4. The Morgan fingerprint density at radius 3 is 2.30 bits per heavy atom. The molecule has 1 aromatic rings. The van der Waals surface area contributed by atoms with Crippen molar-refractivity contribution in [3.8, 4) is 5.75 Å². The SMILES string of the molecule is COc1cc(N)c(Cl)cc1C(=O)N1CCN(CC(F)(F)C(F)F)CC1.Cl.Cl. The van der Waals surface area contributed by atoms with Crippen LogP contribution in [0, 0.1) is 0 Å².